The number of hydrogen-bond donors (Lipinski definition) is 3. The lowest BCUT2D eigenvalue weighted by atomic mass is 10.1. The molecule has 1 aliphatic rings. The fourth-order valence-corrected chi connectivity index (χ4v) is 3.51. The third-order valence-electron chi connectivity index (χ3n) is 4.01. The first-order valence-electron chi connectivity index (χ1n) is 6.94. The Hall–Kier alpha value is -2.01. The van der Waals surface area contributed by atoms with Gasteiger partial charge in [0.2, 0.25) is 0 Å². The second-order valence-electron chi connectivity index (χ2n) is 5.47. The molecule has 106 valence electrons. The van der Waals surface area contributed by atoms with Crippen LogP contribution < -0.4 is 11.0 Å². The predicted octanol–water partition coefficient (Wildman–Crippen LogP) is 3.20. The Morgan fingerprint density at radius 3 is 2.33 bits per heavy atom. The summed E-state index contributed by atoms with van der Waals surface area (Å²) < 4.78 is 0.959. The summed E-state index contributed by atoms with van der Waals surface area (Å²) in [5, 5.41) is 3.57. The minimum absolute atomic E-state index is 0.178. The van der Waals surface area contributed by atoms with Gasteiger partial charge in [-0.15, -0.1) is 0 Å². The van der Waals surface area contributed by atoms with Crippen LogP contribution in [0, 0.1) is 0 Å². The van der Waals surface area contributed by atoms with E-state index in [1.54, 1.807) is 0 Å². The van der Waals surface area contributed by atoms with Gasteiger partial charge in [-0.1, -0.05) is 24.3 Å². The molecule has 0 aliphatic heterocycles. The number of anilines is 1. The Kier molecular flexibility index (Phi) is 2.89. The van der Waals surface area contributed by atoms with Crippen molar-refractivity contribution in [2.75, 3.05) is 5.32 Å². The van der Waals surface area contributed by atoms with E-state index in [0.29, 0.717) is 6.04 Å². The van der Waals surface area contributed by atoms with Gasteiger partial charge in [0, 0.05) is 10.5 Å². The van der Waals surface area contributed by atoms with E-state index in [4.69, 9.17) is 0 Å². The van der Waals surface area contributed by atoms with E-state index >= 15 is 0 Å². The number of halogens is 1. The lowest BCUT2D eigenvalue weighted by Crippen LogP contribution is -2.19. The molecule has 0 saturated heterocycles. The molecule has 0 atom stereocenters. The molecule has 5 heteroatoms. The van der Waals surface area contributed by atoms with Crippen molar-refractivity contribution in [3.05, 3.63) is 62.5 Å². The average molecular weight is 344 g/mol. The van der Waals surface area contributed by atoms with Crippen molar-refractivity contribution >= 4 is 32.7 Å². The molecule has 0 saturated carbocycles. The van der Waals surface area contributed by atoms with Gasteiger partial charge < -0.3 is 15.3 Å². The summed E-state index contributed by atoms with van der Waals surface area (Å²) in [5.74, 6) is 0. The van der Waals surface area contributed by atoms with E-state index < -0.39 is 0 Å². The molecule has 0 spiro atoms. The van der Waals surface area contributed by atoms with E-state index in [2.05, 4.69) is 55.5 Å². The molecule has 3 aromatic rings. The van der Waals surface area contributed by atoms with Gasteiger partial charge in [-0.25, -0.2) is 4.79 Å². The number of aromatic amines is 2. The maximum Gasteiger partial charge on any atom is 0.323 e. The van der Waals surface area contributed by atoms with Crippen LogP contribution in [0.1, 0.15) is 11.1 Å². The highest BCUT2D eigenvalue weighted by atomic mass is 79.9. The molecule has 0 bridgehead atoms. The molecule has 3 N–H and O–H groups in total. The number of fused-ring (bicyclic) bond motifs is 2. The van der Waals surface area contributed by atoms with Crippen LogP contribution in [-0.4, -0.2) is 16.0 Å². The lowest BCUT2D eigenvalue weighted by molar-refractivity contribution is 0.774. The highest BCUT2D eigenvalue weighted by molar-refractivity contribution is 9.10. The average Bonchev–Trinajstić information content (AvgIpc) is 3.00. The van der Waals surface area contributed by atoms with E-state index in [0.717, 1.165) is 34.0 Å². The number of rotatable bonds is 2. The van der Waals surface area contributed by atoms with Gasteiger partial charge >= 0.3 is 5.69 Å². The largest absolute Gasteiger partial charge is 0.381 e. The van der Waals surface area contributed by atoms with Crippen molar-refractivity contribution in [3.8, 4) is 0 Å². The van der Waals surface area contributed by atoms with Crippen LogP contribution in [0.25, 0.3) is 11.0 Å². The van der Waals surface area contributed by atoms with Crippen molar-refractivity contribution < 1.29 is 0 Å². The zero-order valence-electron chi connectivity index (χ0n) is 11.2. The van der Waals surface area contributed by atoms with Crippen LogP contribution in [0.3, 0.4) is 0 Å². The Bertz CT molecular complexity index is 856. The van der Waals surface area contributed by atoms with Gasteiger partial charge in [-0.2, -0.15) is 0 Å². The quantitative estimate of drug-likeness (QED) is 0.669. The van der Waals surface area contributed by atoms with Gasteiger partial charge in [0.1, 0.15) is 0 Å². The fourth-order valence-electron chi connectivity index (χ4n) is 3.05. The topological polar surface area (TPSA) is 60.7 Å². The van der Waals surface area contributed by atoms with Gasteiger partial charge in [0.05, 0.1) is 16.7 Å². The van der Waals surface area contributed by atoms with Gasteiger partial charge in [-0.05, 0) is 52.0 Å². The molecular formula is C16H14BrN3O. The number of nitrogens with one attached hydrogen (secondary N) is 3. The molecule has 0 unspecified atom stereocenters. The van der Waals surface area contributed by atoms with Crippen molar-refractivity contribution in [2.45, 2.75) is 18.9 Å². The molecule has 0 radical (unpaired) electrons. The fraction of sp³-hybridized carbons (Fsp3) is 0.188. The third kappa shape index (κ3) is 2.27. The molecule has 21 heavy (non-hydrogen) atoms. The Morgan fingerprint density at radius 1 is 1.05 bits per heavy atom. The monoisotopic (exact) mass is 343 g/mol. The number of hydrogen-bond acceptors (Lipinski definition) is 2. The SMILES string of the molecule is O=c1[nH]c2cc(Br)c(NC3Cc4ccccc4C3)cc2[nH]1. The van der Waals surface area contributed by atoms with Crippen LogP contribution in [0.5, 0.6) is 0 Å². The Labute approximate surface area is 129 Å². The van der Waals surface area contributed by atoms with Crippen LogP contribution in [0.15, 0.2) is 45.7 Å². The maximum atomic E-state index is 11.4. The molecule has 1 aliphatic carbocycles. The maximum absolute atomic E-state index is 11.4. The number of benzene rings is 2. The van der Waals surface area contributed by atoms with Crippen molar-refractivity contribution in [1.29, 1.82) is 0 Å². The third-order valence-corrected chi connectivity index (χ3v) is 4.67. The molecule has 4 nitrogen and oxygen atoms in total. The first-order chi connectivity index (χ1) is 10.2. The summed E-state index contributed by atoms with van der Waals surface area (Å²) in [6.45, 7) is 0. The minimum Gasteiger partial charge on any atom is -0.381 e. The van der Waals surface area contributed by atoms with Gasteiger partial charge in [0.25, 0.3) is 0 Å². The lowest BCUT2D eigenvalue weighted by Gasteiger charge is -2.15. The van der Waals surface area contributed by atoms with E-state index in [1.165, 1.54) is 11.1 Å². The standard InChI is InChI=1S/C16H14BrN3O/c17-12-7-14-15(20-16(21)19-14)8-13(12)18-11-5-9-3-1-2-4-10(9)6-11/h1-4,7-8,11,18H,5-6H2,(H2,19,20,21). The molecule has 4 rings (SSSR count). The number of H-pyrrole nitrogens is 2. The second-order valence-corrected chi connectivity index (χ2v) is 6.33. The second kappa shape index (κ2) is 4.77. The molecule has 2 aromatic carbocycles. The van der Waals surface area contributed by atoms with Crippen molar-refractivity contribution in [2.24, 2.45) is 0 Å². The highest BCUT2D eigenvalue weighted by Crippen LogP contribution is 2.30. The summed E-state index contributed by atoms with van der Waals surface area (Å²) in [7, 11) is 0. The van der Waals surface area contributed by atoms with Crippen LogP contribution in [-0.2, 0) is 12.8 Å². The minimum atomic E-state index is -0.178. The number of imidazole rings is 1. The van der Waals surface area contributed by atoms with E-state index in [-0.39, 0.29) is 5.69 Å². The molecular weight excluding hydrogens is 330 g/mol. The molecule has 0 fully saturated rings. The van der Waals surface area contributed by atoms with E-state index in [9.17, 15) is 4.79 Å². The molecule has 1 aromatic heterocycles. The summed E-state index contributed by atoms with van der Waals surface area (Å²) in [5.41, 5.74) is 5.30. The van der Waals surface area contributed by atoms with Gasteiger partial charge in [0.15, 0.2) is 0 Å². The van der Waals surface area contributed by atoms with Crippen LogP contribution >= 0.6 is 15.9 Å². The Morgan fingerprint density at radius 2 is 1.67 bits per heavy atom. The smallest absolute Gasteiger partial charge is 0.323 e. The number of aromatic nitrogens is 2. The first-order valence-corrected chi connectivity index (χ1v) is 7.73. The molecule has 0 amide bonds. The summed E-state index contributed by atoms with van der Waals surface area (Å²) in [4.78, 5) is 16.9. The summed E-state index contributed by atoms with van der Waals surface area (Å²) >= 11 is 3.57. The zero-order chi connectivity index (χ0) is 14.4. The van der Waals surface area contributed by atoms with Gasteiger partial charge in [-0.3, -0.25) is 0 Å². The normalized spacial score (nSPS) is 14.5. The predicted molar refractivity (Wildman–Crippen MR) is 87.9 cm³/mol. The first kappa shape index (κ1) is 12.7. The van der Waals surface area contributed by atoms with E-state index in [1.807, 2.05) is 12.1 Å². The Balaban J connectivity index is 1.63. The zero-order valence-corrected chi connectivity index (χ0v) is 12.8. The van der Waals surface area contributed by atoms with Crippen molar-refractivity contribution in [3.63, 3.8) is 0 Å². The summed E-state index contributed by atoms with van der Waals surface area (Å²) in [6, 6.07) is 12.9. The highest BCUT2D eigenvalue weighted by Gasteiger charge is 2.21. The van der Waals surface area contributed by atoms with Crippen molar-refractivity contribution in [1.82, 2.24) is 9.97 Å². The molecule has 1 heterocycles. The summed E-state index contributed by atoms with van der Waals surface area (Å²) in [6.07, 6.45) is 2.06. The van der Waals surface area contributed by atoms with Crippen LogP contribution in [0.2, 0.25) is 0 Å². The van der Waals surface area contributed by atoms with Crippen LogP contribution in [0.4, 0.5) is 5.69 Å².